The number of alkyl halides is 1. The molecule has 0 radical (unpaired) electrons. The van der Waals surface area contributed by atoms with Crippen LogP contribution in [0.2, 0.25) is 0 Å². The summed E-state index contributed by atoms with van der Waals surface area (Å²) >= 11 is 6.39. The molecule has 0 bridgehead atoms. The zero-order valence-corrected chi connectivity index (χ0v) is 11.8. The van der Waals surface area contributed by atoms with Crippen LogP contribution in [-0.2, 0) is 6.42 Å². The summed E-state index contributed by atoms with van der Waals surface area (Å²) in [5.74, 6) is -0.625. The molecule has 0 heterocycles. The van der Waals surface area contributed by atoms with E-state index in [0.717, 1.165) is 31.7 Å². The summed E-state index contributed by atoms with van der Waals surface area (Å²) in [7, 11) is 0. The monoisotopic (exact) mass is 274 g/mol. The molecule has 0 aliphatic rings. The lowest BCUT2D eigenvalue weighted by Crippen LogP contribution is -2.18. The van der Waals surface area contributed by atoms with Crippen LogP contribution in [0, 0.1) is 17.6 Å². The van der Waals surface area contributed by atoms with Gasteiger partial charge >= 0.3 is 0 Å². The maximum absolute atomic E-state index is 13.5. The van der Waals surface area contributed by atoms with E-state index in [1.165, 1.54) is 12.1 Å². The predicted molar refractivity (Wildman–Crippen MR) is 73.0 cm³/mol. The Labute approximate surface area is 113 Å². The molecule has 0 saturated carbocycles. The highest BCUT2D eigenvalue weighted by Crippen LogP contribution is 2.26. The minimum Gasteiger partial charge on any atom is -0.207 e. The first-order chi connectivity index (χ1) is 8.58. The molecule has 0 nitrogen and oxygen atoms in total. The Morgan fingerprint density at radius 3 is 2.22 bits per heavy atom. The molecule has 1 aromatic carbocycles. The Bertz CT molecular complexity index is 360. The smallest absolute Gasteiger partial charge is 0.129 e. The van der Waals surface area contributed by atoms with Crippen molar-refractivity contribution < 1.29 is 8.78 Å². The highest BCUT2D eigenvalue weighted by Gasteiger charge is 2.19. The van der Waals surface area contributed by atoms with Crippen molar-refractivity contribution >= 4 is 11.6 Å². The number of rotatable bonds is 7. The van der Waals surface area contributed by atoms with Gasteiger partial charge in [0.25, 0.3) is 0 Å². The second kappa shape index (κ2) is 7.73. The minimum atomic E-state index is -0.541. The van der Waals surface area contributed by atoms with Crippen LogP contribution in [0.5, 0.6) is 0 Å². The van der Waals surface area contributed by atoms with E-state index in [0.29, 0.717) is 17.9 Å². The molecule has 0 aromatic heterocycles. The summed E-state index contributed by atoms with van der Waals surface area (Å²) in [4.78, 5) is 0. The molecule has 0 N–H and O–H groups in total. The van der Waals surface area contributed by atoms with Crippen molar-refractivity contribution in [1.82, 2.24) is 0 Å². The zero-order chi connectivity index (χ0) is 13.5. The number of hydrogen-bond donors (Lipinski definition) is 0. The molecule has 1 atom stereocenters. The fourth-order valence-electron chi connectivity index (χ4n) is 2.31. The topological polar surface area (TPSA) is 0 Å². The van der Waals surface area contributed by atoms with Crippen LogP contribution in [-0.4, -0.2) is 5.38 Å². The minimum absolute atomic E-state index is 0.0788. The van der Waals surface area contributed by atoms with Gasteiger partial charge in [-0.05, 0) is 36.8 Å². The highest BCUT2D eigenvalue weighted by molar-refractivity contribution is 6.20. The molecule has 0 amide bonds. The van der Waals surface area contributed by atoms with Crippen molar-refractivity contribution in [2.45, 2.75) is 51.3 Å². The first-order valence-electron chi connectivity index (χ1n) is 6.66. The highest BCUT2D eigenvalue weighted by atomic mass is 35.5. The van der Waals surface area contributed by atoms with Crippen LogP contribution in [0.15, 0.2) is 18.2 Å². The average molecular weight is 275 g/mol. The maximum Gasteiger partial charge on any atom is 0.129 e. The molecule has 3 heteroatoms. The van der Waals surface area contributed by atoms with Crippen molar-refractivity contribution in [2.75, 3.05) is 0 Å². The summed E-state index contributed by atoms with van der Waals surface area (Å²) in [5.41, 5.74) is 0.508. The van der Waals surface area contributed by atoms with Crippen LogP contribution < -0.4 is 0 Å². The van der Waals surface area contributed by atoms with E-state index < -0.39 is 11.6 Å². The van der Waals surface area contributed by atoms with Gasteiger partial charge in [-0.1, -0.05) is 32.8 Å². The van der Waals surface area contributed by atoms with E-state index in [2.05, 4.69) is 13.8 Å². The van der Waals surface area contributed by atoms with E-state index in [-0.39, 0.29) is 5.38 Å². The third-order valence-electron chi connectivity index (χ3n) is 3.26. The standard InChI is InChI=1S/C15H21ClF2/c1-3-5-11(6-4-2)14(16)9-12-7-8-13(17)10-15(12)18/h7-8,10-11,14H,3-6,9H2,1-2H3. The Hall–Kier alpha value is -0.630. The van der Waals surface area contributed by atoms with Gasteiger partial charge in [0.05, 0.1) is 0 Å². The normalized spacial score (nSPS) is 13.0. The molecule has 1 aromatic rings. The fourth-order valence-corrected chi connectivity index (χ4v) is 2.73. The predicted octanol–water partition coefficient (Wildman–Crippen LogP) is 5.33. The van der Waals surface area contributed by atoms with Crippen LogP contribution in [0.25, 0.3) is 0 Å². The van der Waals surface area contributed by atoms with Crippen LogP contribution in [0.4, 0.5) is 8.78 Å². The van der Waals surface area contributed by atoms with E-state index in [1.807, 2.05) is 0 Å². The van der Waals surface area contributed by atoms with Gasteiger partial charge < -0.3 is 0 Å². The first-order valence-corrected chi connectivity index (χ1v) is 7.10. The molecule has 1 rings (SSSR count). The van der Waals surface area contributed by atoms with Gasteiger partial charge in [-0.3, -0.25) is 0 Å². The molecule has 0 aliphatic carbocycles. The number of benzene rings is 1. The Morgan fingerprint density at radius 2 is 1.72 bits per heavy atom. The van der Waals surface area contributed by atoms with Gasteiger partial charge in [-0.15, -0.1) is 11.6 Å². The largest absolute Gasteiger partial charge is 0.207 e. The molecule has 0 aliphatic heterocycles. The average Bonchev–Trinajstić information content (AvgIpc) is 2.32. The molecule has 0 spiro atoms. The molecule has 102 valence electrons. The Morgan fingerprint density at radius 1 is 1.11 bits per heavy atom. The molecule has 1 unspecified atom stereocenters. The van der Waals surface area contributed by atoms with E-state index in [1.54, 1.807) is 0 Å². The lowest BCUT2D eigenvalue weighted by atomic mass is 9.91. The van der Waals surface area contributed by atoms with E-state index >= 15 is 0 Å². The zero-order valence-electron chi connectivity index (χ0n) is 11.1. The number of halogens is 3. The summed E-state index contributed by atoms with van der Waals surface area (Å²) in [6.45, 7) is 4.26. The van der Waals surface area contributed by atoms with Crippen molar-refractivity contribution in [3.8, 4) is 0 Å². The van der Waals surface area contributed by atoms with Crippen molar-refractivity contribution in [3.05, 3.63) is 35.4 Å². The molecule has 0 fully saturated rings. The summed E-state index contributed by atoms with van der Waals surface area (Å²) in [5, 5.41) is -0.0788. The lowest BCUT2D eigenvalue weighted by molar-refractivity contribution is 0.414. The van der Waals surface area contributed by atoms with Crippen LogP contribution >= 0.6 is 11.6 Å². The summed E-state index contributed by atoms with van der Waals surface area (Å²) in [6, 6.07) is 3.71. The first kappa shape index (κ1) is 15.4. The molecule has 0 saturated heterocycles. The van der Waals surface area contributed by atoms with E-state index in [4.69, 9.17) is 11.6 Å². The molecular weight excluding hydrogens is 254 g/mol. The summed E-state index contributed by atoms with van der Waals surface area (Å²) < 4.78 is 26.4. The SMILES string of the molecule is CCCC(CCC)C(Cl)Cc1ccc(F)cc1F. The van der Waals surface area contributed by atoms with Gasteiger partial charge in [0, 0.05) is 11.4 Å². The second-order valence-corrected chi connectivity index (χ2v) is 5.35. The Kier molecular flexibility index (Phi) is 6.62. The molecular formula is C15H21ClF2. The van der Waals surface area contributed by atoms with Crippen molar-refractivity contribution in [3.63, 3.8) is 0 Å². The Balaban J connectivity index is 2.69. The number of hydrogen-bond acceptors (Lipinski definition) is 0. The third-order valence-corrected chi connectivity index (χ3v) is 3.77. The van der Waals surface area contributed by atoms with Gasteiger partial charge in [-0.2, -0.15) is 0 Å². The van der Waals surface area contributed by atoms with Gasteiger partial charge in [0.2, 0.25) is 0 Å². The second-order valence-electron chi connectivity index (χ2n) is 4.79. The third kappa shape index (κ3) is 4.56. The van der Waals surface area contributed by atoms with Gasteiger partial charge in [0.1, 0.15) is 11.6 Å². The van der Waals surface area contributed by atoms with Crippen LogP contribution in [0.1, 0.15) is 45.1 Å². The maximum atomic E-state index is 13.5. The van der Waals surface area contributed by atoms with Crippen LogP contribution in [0.3, 0.4) is 0 Å². The van der Waals surface area contributed by atoms with Gasteiger partial charge in [-0.25, -0.2) is 8.78 Å². The lowest BCUT2D eigenvalue weighted by Gasteiger charge is -2.21. The van der Waals surface area contributed by atoms with Gasteiger partial charge in [0.15, 0.2) is 0 Å². The van der Waals surface area contributed by atoms with Crippen molar-refractivity contribution in [2.24, 2.45) is 5.92 Å². The van der Waals surface area contributed by atoms with E-state index in [9.17, 15) is 8.78 Å². The summed E-state index contributed by atoms with van der Waals surface area (Å²) in [6.07, 6.45) is 4.76. The fraction of sp³-hybridized carbons (Fsp3) is 0.600. The quantitative estimate of drug-likeness (QED) is 0.590. The van der Waals surface area contributed by atoms with Crippen molar-refractivity contribution in [1.29, 1.82) is 0 Å². The molecule has 18 heavy (non-hydrogen) atoms.